The van der Waals surface area contributed by atoms with E-state index in [1.807, 2.05) is 29.2 Å². The number of anilines is 2. The second kappa shape index (κ2) is 5.61. The van der Waals surface area contributed by atoms with Crippen molar-refractivity contribution in [3.63, 3.8) is 0 Å². The van der Waals surface area contributed by atoms with Crippen LogP contribution in [0.3, 0.4) is 0 Å². The summed E-state index contributed by atoms with van der Waals surface area (Å²) in [6.45, 7) is 2.00. The quantitative estimate of drug-likeness (QED) is 0.799. The molecule has 0 amide bonds. The number of ether oxygens (including phenoxy) is 1. The highest BCUT2D eigenvalue weighted by molar-refractivity contribution is 5.85. The van der Waals surface area contributed by atoms with E-state index in [1.54, 1.807) is 0 Å². The van der Waals surface area contributed by atoms with Gasteiger partial charge in [0.25, 0.3) is 0 Å². The summed E-state index contributed by atoms with van der Waals surface area (Å²) in [6.07, 6.45) is 0. The zero-order valence-electron chi connectivity index (χ0n) is 9.10. The Hall–Kier alpha value is -1.42. The molecular formula is C11H15ClN2O2. The van der Waals surface area contributed by atoms with Gasteiger partial charge in [-0.05, 0) is 12.1 Å². The molecule has 0 fully saturated rings. The SMILES string of the molecule is COC(=O)CN1CCNc2ccccc21.Cl. The van der Waals surface area contributed by atoms with Crippen LogP contribution in [0, 0.1) is 0 Å². The van der Waals surface area contributed by atoms with Crippen molar-refractivity contribution in [3.8, 4) is 0 Å². The summed E-state index contributed by atoms with van der Waals surface area (Å²) in [5, 5.41) is 3.29. The molecule has 0 spiro atoms. The van der Waals surface area contributed by atoms with Crippen molar-refractivity contribution in [2.45, 2.75) is 0 Å². The molecule has 1 aliphatic rings. The van der Waals surface area contributed by atoms with Gasteiger partial charge in [0.2, 0.25) is 0 Å². The van der Waals surface area contributed by atoms with Crippen LogP contribution in [0.25, 0.3) is 0 Å². The molecule has 0 atom stereocenters. The number of fused-ring (bicyclic) bond motifs is 1. The van der Waals surface area contributed by atoms with Crippen molar-refractivity contribution in [2.24, 2.45) is 0 Å². The van der Waals surface area contributed by atoms with Gasteiger partial charge in [0.1, 0.15) is 6.54 Å². The molecule has 0 aromatic heterocycles. The Morgan fingerprint density at radius 2 is 2.25 bits per heavy atom. The monoisotopic (exact) mass is 242 g/mol. The second-order valence-electron chi connectivity index (χ2n) is 3.44. The van der Waals surface area contributed by atoms with E-state index in [0.717, 1.165) is 24.5 Å². The molecule has 0 aliphatic carbocycles. The van der Waals surface area contributed by atoms with E-state index in [-0.39, 0.29) is 18.4 Å². The van der Waals surface area contributed by atoms with E-state index < -0.39 is 0 Å². The van der Waals surface area contributed by atoms with Crippen molar-refractivity contribution in [1.29, 1.82) is 0 Å². The molecule has 1 aromatic rings. The lowest BCUT2D eigenvalue weighted by Crippen LogP contribution is -2.38. The Balaban J connectivity index is 0.00000128. The highest BCUT2D eigenvalue weighted by Crippen LogP contribution is 2.27. The van der Waals surface area contributed by atoms with Crippen LogP contribution in [-0.2, 0) is 9.53 Å². The van der Waals surface area contributed by atoms with Gasteiger partial charge in [0, 0.05) is 13.1 Å². The number of methoxy groups -OCH3 is 1. The Labute approximate surface area is 101 Å². The largest absolute Gasteiger partial charge is 0.468 e. The van der Waals surface area contributed by atoms with Gasteiger partial charge in [-0.25, -0.2) is 0 Å². The van der Waals surface area contributed by atoms with Crippen molar-refractivity contribution in [2.75, 3.05) is 37.0 Å². The summed E-state index contributed by atoms with van der Waals surface area (Å²) in [6, 6.07) is 7.97. The Kier molecular flexibility index (Phi) is 4.43. The number of benzene rings is 1. The van der Waals surface area contributed by atoms with Crippen LogP contribution in [0.5, 0.6) is 0 Å². The van der Waals surface area contributed by atoms with E-state index in [0.29, 0.717) is 6.54 Å². The van der Waals surface area contributed by atoms with Crippen LogP contribution in [0.15, 0.2) is 24.3 Å². The average Bonchev–Trinajstić information content (AvgIpc) is 2.29. The first-order chi connectivity index (χ1) is 7.31. The number of para-hydroxylation sites is 2. The lowest BCUT2D eigenvalue weighted by atomic mass is 10.2. The normalized spacial score (nSPS) is 13.2. The van der Waals surface area contributed by atoms with Crippen molar-refractivity contribution >= 4 is 29.8 Å². The number of hydrogen-bond donors (Lipinski definition) is 1. The third kappa shape index (κ3) is 2.58. The van der Waals surface area contributed by atoms with Crippen LogP contribution < -0.4 is 10.2 Å². The Bertz CT molecular complexity index is 371. The number of carbonyl (C=O) groups is 1. The predicted molar refractivity (Wildman–Crippen MR) is 66.4 cm³/mol. The van der Waals surface area contributed by atoms with Gasteiger partial charge in [-0.3, -0.25) is 4.79 Å². The third-order valence-corrected chi connectivity index (χ3v) is 2.49. The molecule has 4 nitrogen and oxygen atoms in total. The molecule has 0 bridgehead atoms. The average molecular weight is 243 g/mol. The van der Waals surface area contributed by atoms with Crippen LogP contribution in [0.2, 0.25) is 0 Å². The molecule has 0 saturated heterocycles. The molecule has 88 valence electrons. The van der Waals surface area contributed by atoms with Gasteiger partial charge in [0.05, 0.1) is 18.5 Å². The minimum atomic E-state index is -0.202. The smallest absolute Gasteiger partial charge is 0.325 e. The van der Waals surface area contributed by atoms with Gasteiger partial charge in [-0.1, -0.05) is 12.1 Å². The van der Waals surface area contributed by atoms with E-state index in [1.165, 1.54) is 7.11 Å². The highest BCUT2D eigenvalue weighted by Gasteiger charge is 2.18. The molecule has 1 aromatic carbocycles. The van der Waals surface area contributed by atoms with E-state index in [2.05, 4.69) is 10.1 Å². The van der Waals surface area contributed by atoms with Crippen LogP contribution >= 0.6 is 12.4 Å². The summed E-state index contributed by atoms with van der Waals surface area (Å²) in [5.41, 5.74) is 2.14. The van der Waals surface area contributed by atoms with E-state index in [4.69, 9.17) is 0 Å². The van der Waals surface area contributed by atoms with Gasteiger partial charge < -0.3 is 15.0 Å². The molecule has 2 rings (SSSR count). The first-order valence-electron chi connectivity index (χ1n) is 4.96. The second-order valence-corrected chi connectivity index (χ2v) is 3.44. The standard InChI is InChI=1S/C11H14N2O2.ClH/c1-15-11(14)8-13-7-6-12-9-4-2-3-5-10(9)13;/h2-5,12H,6-8H2,1H3;1H. The van der Waals surface area contributed by atoms with Gasteiger partial charge in [-0.2, -0.15) is 0 Å². The number of carbonyl (C=O) groups excluding carboxylic acids is 1. The summed E-state index contributed by atoms with van der Waals surface area (Å²) < 4.78 is 4.67. The maximum atomic E-state index is 11.2. The summed E-state index contributed by atoms with van der Waals surface area (Å²) in [4.78, 5) is 13.2. The summed E-state index contributed by atoms with van der Waals surface area (Å²) in [5.74, 6) is -0.202. The number of halogens is 1. The number of rotatable bonds is 2. The van der Waals surface area contributed by atoms with Crippen molar-refractivity contribution in [3.05, 3.63) is 24.3 Å². The topological polar surface area (TPSA) is 41.6 Å². The predicted octanol–water partition coefficient (Wildman–Crippen LogP) is 1.51. The lowest BCUT2D eigenvalue weighted by Gasteiger charge is -2.30. The molecular weight excluding hydrogens is 228 g/mol. The first-order valence-corrected chi connectivity index (χ1v) is 4.96. The molecule has 1 N–H and O–H groups in total. The lowest BCUT2D eigenvalue weighted by molar-refractivity contribution is -0.138. The van der Waals surface area contributed by atoms with Crippen LogP contribution in [0.1, 0.15) is 0 Å². The third-order valence-electron chi connectivity index (χ3n) is 2.49. The molecule has 1 heterocycles. The van der Waals surface area contributed by atoms with E-state index in [9.17, 15) is 4.79 Å². The van der Waals surface area contributed by atoms with Gasteiger partial charge in [0.15, 0.2) is 0 Å². The maximum Gasteiger partial charge on any atom is 0.325 e. The highest BCUT2D eigenvalue weighted by atomic mass is 35.5. The zero-order valence-corrected chi connectivity index (χ0v) is 9.92. The van der Waals surface area contributed by atoms with Crippen LogP contribution in [-0.4, -0.2) is 32.7 Å². The summed E-state index contributed by atoms with van der Waals surface area (Å²) in [7, 11) is 1.41. The molecule has 16 heavy (non-hydrogen) atoms. The molecule has 5 heteroatoms. The fourth-order valence-corrected chi connectivity index (χ4v) is 1.73. The van der Waals surface area contributed by atoms with Crippen molar-refractivity contribution in [1.82, 2.24) is 0 Å². The number of nitrogens with one attached hydrogen (secondary N) is 1. The van der Waals surface area contributed by atoms with Crippen molar-refractivity contribution < 1.29 is 9.53 Å². The maximum absolute atomic E-state index is 11.2. The Morgan fingerprint density at radius 3 is 3.00 bits per heavy atom. The molecule has 0 saturated carbocycles. The summed E-state index contributed by atoms with van der Waals surface area (Å²) >= 11 is 0. The molecule has 0 unspecified atom stereocenters. The molecule has 0 radical (unpaired) electrons. The minimum absolute atomic E-state index is 0. The van der Waals surface area contributed by atoms with Gasteiger partial charge in [-0.15, -0.1) is 12.4 Å². The number of esters is 1. The van der Waals surface area contributed by atoms with E-state index >= 15 is 0 Å². The number of nitrogens with zero attached hydrogens (tertiary/aromatic N) is 1. The zero-order chi connectivity index (χ0) is 10.7. The van der Waals surface area contributed by atoms with Gasteiger partial charge >= 0.3 is 5.97 Å². The number of hydrogen-bond acceptors (Lipinski definition) is 4. The fourth-order valence-electron chi connectivity index (χ4n) is 1.73. The fraction of sp³-hybridized carbons (Fsp3) is 0.364. The Morgan fingerprint density at radius 1 is 1.50 bits per heavy atom. The minimum Gasteiger partial charge on any atom is -0.468 e. The molecule has 1 aliphatic heterocycles. The van der Waals surface area contributed by atoms with Crippen LogP contribution in [0.4, 0.5) is 11.4 Å². The first kappa shape index (κ1) is 12.6.